The summed E-state index contributed by atoms with van der Waals surface area (Å²) in [6, 6.07) is 5.33. The average Bonchev–Trinajstić information content (AvgIpc) is 2.44. The van der Waals surface area contributed by atoms with E-state index in [-0.39, 0.29) is 17.6 Å². The predicted octanol–water partition coefficient (Wildman–Crippen LogP) is 2.02. The van der Waals surface area contributed by atoms with Gasteiger partial charge in [0, 0.05) is 10.9 Å². The van der Waals surface area contributed by atoms with E-state index in [1.54, 1.807) is 25.1 Å². The van der Waals surface area contributed by atoms with Crippen molar-refractivity contribution >= 4 is 61.0 Å². The van der Waals surface area contributed by atoms with Gasteiger partial charge in [0.25, 0.3) is 5.91 Å². The fourth-order valence-corrected chi connectivity index (χ4v) is 2.47. The van der Waals surface area contributed by atoms with E-state index in [4.69, 9.17) is 17.0 Å². The molecule has 6 nitrogen and oxygen atoms in total. The number of hydrogen-bond donors (Lipinski definition) is 3. The SMILES string of the molecule is CCC(=O)NC(=S)NNC(=O)COc1ccc(Br)cc1Br. The smallest absolute Gasteiger partial charge is 0.276 e. The van der Waals surface area contributed by atoms with E-state index in [9.17, 15) is 9.59 Å². The molecule has 1 rings (SSSR count). The maximum absolute atomic E-state index is 11.6. The number of nitrogens with one attached hydrogen (secondary N) is 3. The van der Waals surface area contributed by atoms with Gasteiger partial charge in [0.15, 0.2) is 11.7 Å². The Bertz CT molecular complexity index is 555. The van der Waals surface area contributed by atoms with E-state index in [1.165, 1.54) is 0 Å². The summed E-state index contributed by atoms with van der Waals surface area (Å²) in [4.78, 5) is 22.6. The third-order valence-electron chi connectivity index (χ3n) is 2.14. The first kappa shape index (κ1) is 17.9. The molecule has 0 aliphatic heterocycles. The van der Waals surface area contributed by atoms with Gasteiger partial charge in [0.05, 0.1) is 4.47 Å². The highest BCUT2D eigenvalue weighted by molar-refractivity contribution is 9.11. The molecule has 0 aromatic heterocycles. The number of benzene rings is 1. The third kappa shape index (κ3) is 6.87. The van der Waals surface area contributed by atoms with Crippen LogP contribution in [0.15, 0.2) is 27.1 Å². The van der Waals surface area contributed by atoms with Gasteiger partial charge in [-0.2, -0.15) is 0 Å². The Labute approximate surface area is 144 Å². The maximum atomic E-state index is 11.6. The molecule has 0 radical (unpaired) electrons. The zero-order chi connectivity index (χ0) is 15.8. The molecule has 21 heavy (non-hydrogen) atoms. The van der Waals surface area contributed by atoms with Crippen LogP contribution in [-0.2, 0) is 9.59 Å². The Morgan fingerprint density at radius 1 is 1.24 bits per heavy atom. The molecule has 0 unspecified atom stereocenters. The lowest BCUT2D eigenvalue weighted by atomic mass is 10.3. The molecule has 0 aliphatic rings. The summed E-state index contributed by atoms with van der Waals surface area (Å²) in [5.74, 6) is -0.134. The molecule has 0 spiro atoms. The van der Waals surface area contributed by atoms with Crippen LogP contribution in [0.4, 0.5) is 0 Å². The van der Waals surface area contributed by atoms with E-state index in [1.807, 2.05) is 0 Å². The lowest BCUT2D eigenvalue weighted by molar-refractivity contribution is -0.124. The van der Waals surface area contributed by atoms with Crippen molar-refractivity contribution in [1.29, 1.82) is 0 Å². The third-order valence-corrected chi connectivity index (χ3v) is 3.46. The van der Waals surface area contributed by atoms with Crippen LogP contribution in [0.3, 0.4) is 0 Å². The van der Waals surface area contributed by atoms with Crippen molar-refractivity contribution in [2.24, 2.45) is 0 Å². The molecule has 0 heterocycles. The molecular formula is C12H13Br2N3O3S. The minimum absolute atomic E-state index is 0.0278. The van der Waals surface area contributed by atoms with Gasteiger partial charge in [-0.05, 0) is 46.3 Å². The molecule has 0 saturated carbocycles. The molecule has 3 N–H and O–H groups in total. The molecule has 0 saturated heterocycles. The Morgan fingerprint density at radius 3 is 2.57 bits per heavy atom. The molecule has 0 aliphatic carbocycles. The van der Waals surface area contributed by atoms with Gasteiger partial charge in [-0.15, -0.1) is 0 Å². The molecule has 0 atom stereocenters. The van der Waals surface area contributed by atoms with Crippen LogP contribution in [-0.4, -0.2) is 23.5 Å². The van der Waals surface area contributed by atoms with Gasteiger partial charge >= 0.3 is 0 Å². The first-order valence-electron chi connectivity index (χ1n) is 5.89. The Balaban J connectivity index is 2.34. The number of amides is 2. The largest absolute Gasteiger partial charge is 0.483 e. The number of carbonyl (C=O) groups is 2. The lowest BCUT2D eigenvalue weighted by Crippen LogP contribution is -2.49. The summed E-state index contributed by atoms with van der Waals surface area (Å²) in [5.41, 5.74) is 4.73. The highest BCUT2D eigenvalue weighted by Gasteiger charge is 2.07. The van der Waals surface area contributed by atoms with Crippen molar-refractivity contribution < 1.29 is 14.3 Å². The van der Waals surface area contributed by atoms with Crippen LogP contribution >= 0.6 is 44.1 Å². The van der Waals surface area contributed by atoms with Gasteiger partial charge in [-0.25, -0.2) is 0 Å². The van der Waals surface area contributed by atoms with Crippen LogP contribution in [0, 0.1) is 0 Å². The molecule has 0 fully saturated rings. The molecule has 0 bridgehead atoms. The molecule has 1 aromatic carbocycles. The van der Waals surface area contributed by atoms with Crippen molar-refractivity contribution in [2.45, 2.75) is 13.3 Å². The fraction of sp³-hybridized carbons (Fsp3) is 0.250. The van der Waals surface area contributed by atoms with Crippen LogP contribution in [0.25, 0.3) is 0 Å². The number of rotatable bonds is 4. The second kappa shape index (κ2) is 8.96. The van der Waals surface area contributed by atoms with Crippen molar-refractivity contribution in [3.63, 3.8) is 0 Å². The summed E-state index contributed by atoms with van der Waals surface area (Å²) in [6.45, 7) is 1.50. The molecule has 1 aromatic rings. The number of hydrogen-bond acceptors (Lipinski definition) is 4. The number of carbonyl (C=O) groups excluding carboxylic acids is 2. The monoisotopic (exact) mass is 437 g/mol. The van der Waals surface area contributed by atoms with E-state index in [0.29, 0.717) is 12.2 Å². The summed E-state index contributed by atoms with van der Waals surface area (Å²) in [5, 5.41) is 2.42. The standard InChI is InChI=1S/C12H13Br2N3O3S/c1-2-10(18)15-12(21)17-16-11(19)6-20-9-4-3-7(13)5-8(9)14/h3-5H,2,6H2,1H3,(H,16,19)(H2,15,17,18,21). The number of ether oxygens (including phenoxy) is 1. The average molecular weight is 439 g/mol. The molecule has 9 heteroatoms. The van der Waals surface area contributed by atoms with Crippen LogP contribution in [0.1, 0.15) is 13.3 Å². The second-order valence-corrected chi connectivity index (χ2v) is 5.95. The Hall–Kier alpha value is -1.19. The van der Waals surface area contributed by atoms with E-state index in [2.05, 4.69) is 48.0 Å². The van der Waals surface area contributed by atoms with Crippen molar-refractivity contribution in [3.05, 3.63) is 27.1 Å². The highest BCUT2D eigenvalue weighted by Crippen LogP contribution is 2.27. The fourth-order valence-electron chi connectivity index (χ4n) is 1.14. The number of halogens is 2. The zero-order valence-corrected chi connectivity index (χ0v) is 15.0. The van der Waals surface area contributed by atoms with Crippen LogP contribution in [0.5, 0.6) is 5.75 Å². The topological polar surface area (TPSA) is 79.5 Å². The summed E-state index contributed by atoms with van der Waals surface area (Å²) >= 11 is 11.5. The maximum Gasteiger partial charge on any atom is 0.276 e. The summed E-state index contributed by atoms with van der Waals surface area (Å²) < 4.78 is 6.96. The van der Waals surface area contributed by atoms with Gasteiger partial charge in [0.1, 0.15) is 5.75 Å². The van der Waals surface area contributed by atoms with Gasteiger partial charge in [0.2, 0.25) is 5.91 Å². The Kier molecular flexibility index (Phi) is 7.62. The molecule has 2 amide bonds. The van der Waals surface area contributed by atoms with Gasteiger partial charge in [-0.1, -0.05) is 22.9 Å². The first-order valence-corrected chi connectivity index (χ1v) is 7.88. The van der Waals surface area contributed by atoms with Crippen molar-refractivity contribution in [2.75, 3.05) is 6.61 Å². The molecular weight excluding hydrogens is 426 g/mol. The summed E-state index contributed by atoms with van der Waals surface area (Å²) in [7, 11) is 0. The summed E-state index contributed by atoms with van der Waals surface area (Å²) in [6.07, 6.45) is 0.302. The molecule has 114 valence electrons. The van der Waals surface area contributed by atoms with Gasteiger partial charge in [-0.3, -0.25) is 20.4 Å². The van der Waals surface area contributed by atoms with Crippen LogP contribution < -0.4 is 20.9 Å². The number of hydrazine groups is 1. The minimum atomic E-state index is -0.432. The first-order chi connectivity index (χ1) is 9.92. The van der Waals surface area contributed by atoms with Crippen molar-refractivity contribution in [1.82, 2.24) is 16.2 Å². The van der Waals surface area contributed by atoms with Crippen molar-refractivity contribution in [3.8, 4) is 5.75 Å². The number of thiocarbonyl (C=S) groups is 1. The minimum Gasteiger partial charge on any atom is -0.483 e. The van der Waals surface area contributed by atoms with E-state index < -0.39 is 5.91 Å². The second-order valence-electron chi connectivity index (χ2n) is 3.77. The normalized spacial score (nSPS) is 9.67. The Morgan fingerprint density at radius 2 is 1.95 bits per heavy atom. The lowest BCUT2D eigenvalue weighted by Gasteiger charge is -2.11. The quantitative estimate of drug-likeness (QED) is 0.495. The zero-order valence-electron chi connectivity index (χ0n) is 11.0. The predicted molar refractivity (Wildman–Crippen MR) is 89.6 cm³/mol. The van der Waals surface area contributed by atoms with Gasteiger partial charge < -0.3 is 10.1 Å². The van der Waals surface area contributed by atoms with E-state index >= 15 is 0 Å². The van der Waals surface area contributed by atoms with Crippen LogP contribution in [0.2, 0.25) is 0 Å². The highest BCUT2D eigenvalue weighted by atomic mass is 79.9. The van der Waals surface area contributed by atoms with E-state index in [0.717, 1.165) is 8.95 Å².